The summed E-state index contributed by atoms with van der Waals surface area (Å²) in [5.41, 5.74) is 4.07. The van der Waals surface area contributed by atoms with Crippen molar-refractivity contribution in [2.45, 2.75) is 44.0 Å². The Balaban J connectivity index is 1.62. The molecule has 2 amide bonds. The van der Waals surface area contributed by atoms with E-state index in [0.717, 1.165) is 16.7 Å². The van der Waals surface area contributed by atoms with Gasteiger partial charge in [0.1, 0.15) is 0 Å². The third-order valence-electron chi connectivity index (χ3n) is 6.23. The van der Waals surface area contributed by atoms with Crippen molar-refractivity contribution in [1.82, 2.24) is 4.31 Å². The van der Waals surface area contributed by atoms with E-state index in [1.165, 1.54) is 16.4 Å². The van der Waals surface area contributed by atoms with Gasteiger partial charge in [0.25, 0.3) is 0 Å². The fourth-order valence-electron chi connectivity index (χ4n) is 4.31. The van der Waals surface area contributed by atoms with Crippen LogP contribution in [-0.4, -0.2) is 31.1 Å². The first kappa shape index (κ1) is 24.6. The number of para-hydroxylation sites is 1. The van der Waals surface area contributed by atoms with Crippen molar-refractivity contribution in [1.29, 1.82) is 0 Å². The van der Waals surface area contributed by atoms with Gasteiger partial charge in [0.15, 0.2) is 0 Å². The van der Waals surface area contributed by atoms with Gasteiger partial charge in [-0.15, -0.1) is 0 Å². The van der Waals surface area contributed by atoms with Crippen LogP contribution < -0.4 is 10.6 Å². The highest BCUT2D eigenvalue weighted by molar-refractivity contribution is 7.89. The molecule has 7 nitrogen and oxygen atoms in total. The lowest BCUT2D eigenvalue weighted by Crippen LogP contribution is -2.41. The molecule has 3 aromatic carbocycles. The van der Waals surface area contributed by atoms with Crippen LogP contribution in [0.25, 0.3) is 0 Å². The van der Waals surface area contributed by atoms with Gasteiger partial charge in [-0.1, -0.05) is 49.4 Å². The van der Waals surface area contributed by atoms with Gasteiger partial charge in [0.2, 0.25) is 21.8 Å². The highest BCUT2D eigenvalue weighted by atomic mass is 32.2. The van der Waals surface area contributed by atoms with E-state index in [1.54, 1.807) is 19.1 Å². The van der Waals surface area contributed by atoms with Gasteiger partial charge in [-0.25, -0.2) is 8.42 Å². The average Bonchev–Trinajstić information content (AvgIpc) is 2.85. The molecule has 35 heavy (non-hydrogen) atoms. The Hall–Kier alpha value is -3.49. The Morgan fingerprint density at radius 3 is 2.31 bits per heavy atom. The first-order valence-corrected chi connectivity index (χ1v) is 13.1. The van der Waals surface area contributed by atoms with Gasteiger partial charge in [0.05, 0.1) is 10.9 Å². The lowest BCUT2D eigenvalue weighted by Gasteiger charge is -2.36. The number of carbonyl (C=O) groups excluding carboxylic acids is 2. The minimum atomic E-state index is -3.89. The summed E-state index contributed by atoms with van der Waals surface area (Å²) in [6.45, 7) is 3.93. The number of anilines is 2. The predicted molar refractivity (Wildman–Crippen MR) is 137 cm³/mol. The summed E-state index contributed by atoms with van der Waals surface area (Å²) in [4.78, 5) is 24.8. The zero-order valence-corrected chi connectivity index (χ0v) is 20.6. The van der Waals surface area contributed by atoms with Crippen molar-refractivity contribution < 1.29 is 18.0 Å². The Morgan fingerprint density at radius 1 is 0.914 bits per heavy atom. The molecule has 8 heteroatoms. The largest absolute Gasteiger partial charge is 0.326 e. The third kappa shape index (κ3) is 5.44. The Bertz CT molecular complexity index is 1340. The lowest BCUT2D eigenvalue weighted by atomic mass is 9.92. The van der Waals surface area contributed by atoms with Gasteiger partial charge < -0.3 is 10.6 Å². The molecule has 1 heterocycles. The summed E-state index contributed by atoms with van der Waals surface area (Å²) in [5, 5.41) is 5.66. The molecular weight excluding hydrogens is 462 g/mol. The molecule has 2 N–H and O–H groups in total. The molecule has 182 valence electrons. The van der Waals surface area contributed by atoms with Crippen LogP contribution in [0.15, 0.2) is 77.7 Å². The molecule has 1 atom stereocenters. The molecule has 1 aliphatic rings. The predicted octanol–water partition coefficient (Wildman–Crippen LogP) is 4.66. The first-order valence-electron chi connectivity index (χ1n) is 11.6. The van der Waals surface area contributed by atoms with E-state index in [9.17, 15) is 18.0 Å². The standard InChI is InChI=1S/C27H29N3O4S/c1-3-26(31)28-21-12-14-22(15-13-21)35(33,34)30-17-16-20-9-5-6-10-23(20)25(30)18-27(32)29-24-11-7-4-8-19(24)2/h4-15,25H,3,16-18H2,1-2H3,(H,28,31)(H,29,32)/t25-/m0/s1. The number of carbonyl (C=O) groups is 2. The van der Waals surface area contributed by atoms with Crippen molar-refractivity contribution in [3.05, 3.63) is 89.5 Å². The number of nitrogens with zero attached hydrogens (tertiary/aromatic N) is 1. The highest BCUT2D eigenvalue weighted by Crippen LogP contribution is 2.37. The number of benzene rings is 3. The van der Waals surface area contributed by atoms with Gasteiger partial charge >= 0.3 is 0 Å². The number of hydrogen-bond donors (Lipinski definition) is 2. The van der Waals surface area contributed by atoms with Crippen LogP contribution >= 0.6 is 0 Å². The molecule has 3 aromatic rings. The van der Waals surface area contributed by atoms with Crippen LogP contribution in [0, 0.1) is 6.92 Å². The minimum Gasteiger partial charge on any atom is -0.326 e. The zero-order valence-electron chi connectivity index (χ0n) is 19.8. The van der Waals surface area contributed by atoms with E-state index in [-0.39, 0.29) is 29.7 Å². The third-order valence-corrected chi connectivity index (χ3v) is 8.15. The number of fused-ring (bicyclic) bond motifs is 1. The van der Waals surface area contributed by atoms with Gasteiger partial charge in [-0.3, -0.25) is 9.59 Å². The molecule has 0 unspecified atom stereocenters. The van der Waals surface area contributed by atoms with Crippen molar-refractivity contribution in [2.75, 3.05) is 17.2 Å². The maximum absolute atomic E-state index is 13.7. The second-order valence-electron chi connectivity index (χ2n) is 8.57. The molecule has 0 saturated carbocycles. The van der Waals surface area contributed by atoms with E-state index in [0.29, 0.717) is 24.2 Å². The van der Waals surface area contributed by atoms with Crippen molar-refractivity contribution in [3.8, 4) is 0 Å². The van der Waals surface area contributed by atoms with Crippen molar-refractivity contribution in [2.24, 2.45) is 0 Å². The Kier molecular flexibility index (Phi) is 7.33. The summed E-state index contributed by atoms with van der Waals surface area (Å²) < 4.78 is 28.8. The summed E-state index contributed by atoms with van der Waals surface area (Å²) in [6, 6.07) is 20.7. The molecule has 0 radical (unpaired) electrons. The van der Waals surface area contributed by atoms with Gasteiger partial charge in [-0.05, 0) is 60.4 Å². The molecule has 0 fully saturated rings. The smallest absolute Gasteiger partial charge is 0.243 e. The van der Waals surface area contributed by atoms with E-state index in [2.05, 4.69) is 10.6 Å². The summed E-state index contributed by atoms with van der Waals surface area (Å²) in [6.07, 6.45) is 0.894. The monoisotopic (exact) mass is 491 g/mol. The summed E-state index contributed by atoms with van der Waals surface area (Å²) in [7, 11) is -3.89. The topological polar surface area (TPSA) is 95.6 Å². The average molecular weight is 492 g/mol. The normalized spacial score (nSPS) is 15.8. The van der Waals surface area contributed by atoms with E-state index < -0.39 is 16.1 Å². The molecule has 0 saturated heterocycles. The van der Waals surface area contributed by atoms with Crippen LogP contribution in [0.5, 0.6) is 0 Å². The Morgan fingerprint density at radius 2 is 1.60 bits per heavy atom. The summed E-state index contributed by atoms with van der Waals surface area (Å²) >= 11 is 0. The summed E-state index contributed by atoms with van der Waals surface area (Å²) in [5.74, 6) is -0.396. The number of hydrogen-bond acceptors (Lipinski definition) is 4. The minimum absolute atomic E-state index is 0.00474. The first-order chi connectivity index (χ1) is 16.8. The molecule has 0 aliphatic carbocycles. The van der Waals surface area contributed by atoms with Crippen LogP contribution in [0.4, 0.5) is 11.4 Å². The van der Waals surface area contributed by atoms with Crippen LogP contribution in [-0.2, 0) is 26.0 Å². The molecular formula is C27H29N3O4S. The molecule has 1 aliphatic heterocycles. The van der Waals surface area contributed by atoms with E-state index in [1.807, 2.05) is 55.5 Å². The van der Waals surface area contributed by atoms with Crippen LogP contribution in [0.2, 0.25) is 0 Å². The zero-order chi connectivity index (χ0) is 25.0. The molecule has 4 rings (SSSR count). The van der Waals surface area contributed by atoms with Crippen LogP contribution in [0.3, 0.4) is 0 Å². The van der Waals surface area contributed by atoms with E-state index in [4.69, 9.17) is 0 Å². The van der Waals surface area contributed by atoms with Crippen LogP contribution in [0.1, 0.15) is 42.5 Å². The second kappa shape index (κ2) is 10.4. The molecule has 0 aromatic heterocycles. The number of rotatable bonds is 7. The highest BCUT2D eigenvalue weighted by Gasteiger charge is 2.37. The number of aryl methyl sites for hydroxylation is 1. The SMILES string of the molecule is CCC(=O)Nc1ccc(S(=O)(=O)N2CCc3ccccc3[C@@H]2CC(=O)Nc2ccccc2C)cc1. The quantitative estimate of drug-likeness (QED) is 0.502. The molecule has 0 bridgehead atoms. The van der Waals surface area contributed by atoms with Crippen molar-refractivity contribution >= 4 is 33.2 Å². The number of sulfonamides is 1. The number of nitrogens with one attached hydrogen (secondary N) is 2. The fourth-order valence-corrected chi connectivity index (χ4v) is 5.92. The fraction of sp³-hybridized carbons (Fsp3) is 0.259. The van der Waals surface area contributed by atoms with Gasteiger partial charge in [-0.2, -0.15) is 4.31 Å². The second-order valence-corrected chi connectivity index (χ2v) is 10.5. The molecule has 0 spiro atoms. The maximum atomic E-state index is 13.7. The Labute approximate surface area is 206 Å². The van der Waals surface area contributed by atoms with Gasteiger partial charge in [0, 0.05) is 30.8 Å². The van der Waals surface area contributed by atoms with Crippen molar-refractivity contribution in [3.63, 3.8) is 0 Å². The lowest BCUT2D eigenvalue weighted by molar-refractivity contribution is -0.117. The maximum Gasteiger partial charge on any atom is 0.243 e. The van der Waals surface area contributed by atoms with E-state index >= 15 is 0 Å². The number of amides is 2.